The Morgan fingerprint density at radius 2 is 2.10 bits per heavy atom. The van der Waals surface area contributed by atoms with Crippen LogP contribution in [0.15, 0.2) is 41.5 Å². The molecule has 0 fully saturated rings. The van der Waals surface area contributed by atoms with Crippen LogP contribution in [0.3, 0.4) is 0 Å². The fourth-order valence-electron chi connectivity index (χ4n) is 3.02. The van der Waals surface area contributed by atoms with E-state index in [1.807, 2.05) is 31.2 Å². The number of rotatable bonds is 6. The number of ether oxygens (including phenoxy) is 2. The van der Waals surface area contributed by atoms with E-state index in [2.05, 4.69) is 21.0 Å². The van der Waals surface area contributed by atoms with Gasteiger partial charge in [-0.05, 0) is 31.0 Å². The van der Waals surface area contributed by atoms with Crippen molar-refractivity contribution in [3.05, 3.63) is 47.8 Å². The highest BCUT2D eigenvalue weighted by Crippen LogP contribution is 2.35. The van der Waals surface area contributed by atoms with Gasteiger partial charge in [0.05, 0.1) is 24.9 Å². The summed E-state index contributed by atoms with van der Waals surface area (Å²) in [7, 11) is 1.64. The van der Waals surface area contributed by atoms with E-state index in [1.54, 1.807) is 25.1 Å². The number of aryl methyl sites for hydroxylation is 1. The lowest BCUT2D eigenvalue weighted by atomic mass is 10.2. The molecule has 0 amide bonds. The minimum absolute atomic E-state index is 0.189. The van der Waals surface area contributed by atoms with Crippen LogP contribution in [0.5, 0.6) is 17.4 Å². The maximum Gasteiger partial charge on any atom is 0.335 e. The van der Waals surface area contributed by atoms with E-state index < -0.39 is 11.6 Å². The summed E-state index contributed by atoms with van der Waals surface area (Å²) in [6.07, 6.45) is 2.53. The Morgan fingerprint density at radius 3 is 2.77 bits per heavy atom. The number of methoxy groups -OCH3 is 1. The van der Waals surface area contributed by atoms with Crippen molar-refractivity contribution in [1.82, 2.24) is 9.97 Å². The molecule has 1 aromatic carbocycles. The van der Waals surface area contributed by atoms with Crippen molar-refractivity contribution in [3.8, 4) is 17.4 Å². The number of benzene rings is 1. The Balaban J connectivity index is 0.000000806. The van der Waals surface area contributed by atoms with Crippen LogP contribution in [0, 0.1) is 6.92 Å². The Labute approximate surface area is 181 Å². The Kier molecular flexibility index (Phi) is 7.61. The van der Waals surface area contributed by atoms with Crippen molar-refractivity contribution < 1.29 is 23.0 Å². The predicted molar refractivity (Wildman–Crippen MR) is 117 cm³/mol. The summed E-state index contributed by atoms with van der Waals surface area (Å²) in [4.78, 5) is 12.3. The van der Waals surface area contributed by atoms with Crippen molar-refractivity contribution in [3.63, 3.8) is 0 Å². The van der Waals surface area contributed by atoms with E-state index >= 15 is 0 Å². The van der Waals surface area contributed by atoms with Crippen molar-refractivity contribution in [2.45, 2.75) is 18.6 Å². The summed E-state index contributed by atoms with van der Waals surface area (Å²) < 4.78 is 28.0. The third-order valence-corrected chi connectivity index (χ3v) is 5.68. The van der Waals surface area contributed by atoms with E-state index in [-0.39, 0.29) is 6.61 Å². The quantitative estimate of drug-likeness (QED) is 0.596. The lowest BCUT2D eigenvalue weighted by molar-refractivity contribution is 0.288. The van der Waals surface area contributed by atoms with Crippen LogP contribution in [-0.2, 0) is 11.6 Å². The second-order valence-electron chi connectivity index (χ2n) is 6.51. The molecule has 10 heteroatoms. The monoisotopic (exact) mass is 447 g/mol. The minimum atomic E-state index is -0.750. The molecule has 1 aliphatic heterocycles. The van der Waals surface area contributed by atoms with E-state index in [4.69, 9.17) is 23.0 Å². The van der Waals surface area contributed by atoms with E-state index in [9.17, 15) is 0 Å². The molecule has 0 radical (unpaired) electrons. The molecule has 0 saturated carbocycles. The highest BCUT2D eigenvalue weighted by atomic mass is 32.2. The van der Waals surface area contributed by atoms with E-state index in [0.29, 0.717) is 22.6 Å². The third-order valence-electron chi connectivity index (χ3n) is 4.39. The number of fused-ring (bicyclic) bond motifs is 1. The van der Waals surface area contributed by atoms with Gasteiger partial charge in [0, 0.05) is 35.6 Å². The first kappa shape index (κ1) is 22.0. The van der Waals surface area contributed by atoms with Gasteiger partial charge >= 0.3 is 11.6 Å². The summed E-state index contributed by atoms with van der Waals surface area (Å²) >= 11 is 0.952. The zero-order valence-electron chi connectivity index (χ0n) is 16.5. The molecule has 2 aromatic heterocycles. The SMILES string of the molecule is COc1cc(Oc2ccc(C)cn2)cc2cc(C3=NCC(CCO)S3)[nH]c12.O=S=O. The molecule has 4 rings (SSSR count). The highest BCUT2D eigenvalue weighted by Gasteiger charge is 2.22. The van der Waals surface area contributed by atoms with Crippen LogP contribution in [0.2, 0.25) is 0 Å². The number of aliphatic hydroxyl groups excluding tert-OH is 1. The molecule has 3 heterocycles. The summed E-state index contributed by atoms with van der Waals surface area (Å²) in [6, 6.07) is 9.68. The molecule has 158 valence electrons. The molecule has 0 aliphatic carbocycles. The van der Waals surface area contributed by atoms with Gasteiger partial charge in [-0.1, -0.05) is 17.8 Å². The first-order valence-electron chi connectivity index (χ1n) is 9.13. The predicted octanol–water partition coefficient (Wildman–Crippen LogP) is 3.25. The number of aliphatic imine (C=N–C) groups is 1. The molecule has 1 aliphatic rings. The molecule has 3 aromatic rings. The average Bonchev–Trinajstić information content (AvgIpc) is 3.37. The van der Waals surface area contributed by atoms with Gasteiger partial charge < -0.3 is 19.6 Å². The smallest absolute Gasteiger partial charge is 0.335 e. The molecule has 2 N–H and O–H groups in total. The van der Waals surface area contributed by atoms with Gasteiger partial charge in [-0.25, -0.2) is 4.98 Å². The van der Waals surface area contributed by atoms with E-state index in [0.717, 1.165) is 40.2 Å². The van der Waals surface area contributed by atoms with Gasteiger partial charge in [0.25, 0.3) is 0 Å². The number of pyridine rings is 1. The molecular formula is C20H21N3O5S2. The standard InChI is InChI=1S/C20H21N3O3S.O2S/c1-12-3-4-18(21-10-12)26-14-7-13-8-16(23-19(13)17(9-14)25-2)20-22-11-15(27-20)5-6-24;1-3-2/h3-4,7-10,15,23-24H,5-6,11H2,1-2H3;. The molecular weight excluding hydrogens is 426 g/mol. The number of hydrogen-bond donors (Lipinski definition) is 2. The van der Waals surface area contributed by atoms with Crippen LogP contribution in [0.25, 0.3) is 10.9 Å². The van der Waals surface area contributed by atoms with Gasteiger partial charge in [0.15, 0.2) is 0 Å². The number of aliphatic hydroxyl groups is 1. The van der Waals surface area contributed by atoms with Gasteiger partial charge in [-0.15, -0.1) is 0 Å². The lowest BCUT2D eigenvalue weighted by Gasteiger charge is -2.08. The Morgan fingerprint density at radius 1 is 1.30 bits per heavy atom. The van der Waals surface area contributed by atoms with Gasteiger partial charge in [-0.3, -0.25) is 4.99 Å². The fraction of sp³-hybridized carbons (Fsp3) is 0.300. The second kappa shape index (κ2) is 10.4. The zero-order valence-corrected chi connectivity index (χ0v) is 18.1. The van der Waals surface area contributed by atoms with Gasteiger partial charge in [-0.2, -0.15) is 8.42 Å². The molecule has 1 atom stereocenters. The van der Waals surface area contributed by atoms with Crippen LogP contribution < -0.4 is 9.47 Å². The van der Waals surface area contributed by atoms with Crippen molar-refractivity contribution in [1.29, 1.82) is 0 Å². The van der Waals surface area contributed by atoms with Crippen LogP contribution in [-0.4, -0.2) is 54.0 Å². The third kappa shape index (κ3) is 5.26. The normalized spacial score (nSPS) is 15.3. The fourth-order valence-corrected chi connectivity index (χ4v) is 4.09. The van der Waals surface area contributed by atoms with Crippen LogP contribution in [0.4, 0.5) is 0 Å². The number of hydrogen-bond acceptors (Lipinski definition) is 8. The average molecular weight is 448 g/mol. The summed E-state index contributed by atoms with van der Waals surface area (Å²) in [5.41, 5.74) is 2.95. The zero-order chi connectivity index (χ0) is 21.5. The Bertz CT molecular complexity index is 1080. The maximum absolute atomic E-state index is 9.13. The molecule has 0 saturated heterocycles. The number of thioether (sulfide) groups is 1. The maximum atomic E-state index is 9.13. The largest absolute Gasteiger partial charge is 0.494 e. The van der Waals surface area contributed by atoms with E-state index in [1.165, 1.54) is 0 Å². The number of aromatic amines is 1. The number of nitrogens with zero attached hydrogens (tertiary/aromatic N) is 2. The van der Waals surface area contributed by atoms with Gasteiger partial charge in [0.2, 0.25) is 5.88 Å². The molecule has 1 unspecified atom stereocenters. The highest BCUT2D eigenvalue weighted by molar-refractivity contribution is 8.15. The number of nitrogens with one attached hydrogen (secondary N) is 1. The van der Waals surface area contributed by atoms with Crippen molar-refractivity contribution >= 4 is 39.3 Å². The van der Waals surface area contributed by atoms with Crippen LogP contribution >= 0.6 is 11.8 Å². The number of H-pyrrole nitrogens is 1. The number of aromatic nitrogens is 2. The Hall–Kier alpha value is -2.69. The second-order valence-corrected chi connectivity index (χ2v) is 7.94. The summed E-state index contributed by atoms with van der Waals surface area (Å²) in [5.74, 6) is 1.91. The van der Waals surface area contributed by atoms with Crippen molar-refractivity contribution in [2.24, 2.45) is 4.99 Å². The summed E-state index contributed by atoms with van der Waals surface area (Å²) in [6.45, 7) is 2.91. The lowest BCUT2D eigenvalue weighted by Crippen LogP contribution is -2.05. The molecule has 8 nitrogen and oxygen atoms in total. The van der Waals surface area contributed by atoms with Crippen LogP contribution in [0.1, 0.15) is 17.7 Å². The molecule has 0 bridgehead atoms. The molecule has 30 heavy (non-hydrogen) atoms. The van der Waals surface area contributed by atoms with Gasteiger partial charge in [0.1, 0.15) is 16.5 Å². The first-order valence-corrected chi connectivity index (χ1v) is 10.7. The first-order chi connectivity index (χ1) is 14.6. The topological polar surface area (TPSA) is 114 Å². The summed E-state index contributed by atoms with van der Waals surface area (Å²) in [5, 5.41) is 11.4. The molecule has 0 spiro atoms. The van der Waals surface area contributed by atoms with Crippen molar-refractivity contribution in [2.75, 3.05) is 20.3 Å². The minimum Gasteiger partial charge on any atom is -0.494 e.